The van der Waals surface area contributed by atoms with Crippen LogP contribution in [0.5, 0.6) is 0 Å². The molecule has 3 aliphatic rings. The molecule has 1 aliphatic carbocycles. The van der Waals surface area contributed by atoms with E-state index in [2.05, 4.69) is 53.4 Å². The number of allylic oxidation sites excluding steroid dienone is 2. The largest absolute Gasteiger partial charge is 0.323 e. The molecule has 4 heteroatoms. The van der Waals surface area contributed by atoms with Crippen molar-refractivity contribution in [1.82, 2.24) is 4.90 Å². The van der Waals surface area contributed by atoms with Crippen LogP contribution in [-0.4, -0.2) is 16.5 Å². The van der Waals surface area contributed by atoms with Gasteiger partial charge in [-0.2, -0.15) is 0 Å². The summed E-state index contributed by atoms with van der Waals surface area (Å²) in [5.41, 5.74) is 10.6. The van der Waals surface area contributed by atoms with Crippen molar-refractivity contribution in [2.75, 3.05) is 0 Å². The second-order valence-electron chi connectivity index (χ2n) is 8.30. The van der Waals surface area contributed by atoms with Crippen LogP contribution in [0.25, 0.3) is 0 Å². The van der Waals surface area contributed by atoms with Gasteiger partial charge in [-0.05, 0) is 55.0 Å². The van der Waals surface area contributed by atoms with Crippen molar-refractivity contribution < 1.29 is 4.79 Å². The number of amidine groups is 1. The van der Waals surface area contributed by atoms with E-state index in [0.29, 0.717) is 5.57 Å². The van der Waals surface area contributed by atoms with Gasteiger partial charge in [0.2, 0.25) is 0 Å². The van der Waals surface area contributed by atoms with Gasteiger partial charge in [0.15, 0.2) is 5.78 Å². The molecule has 0 amide bonds. The number of carbonyl (C=O) groups is 1. The quantitative estimate of drug-likeness (QED) is 0.842. The van der Waals surface area contributed by atoms with Crippen LogP contribution >= 0.6 is 0 Å². The molecule has 0 bridgehead atoms. The Morgan fingerprint density at radius 2 is 1.79 bits per heavy atom. The molecule has 2 aromatic rings. The number of ketones is 1. The van der Waals surface area contributed by atoms with Gasteiger partial charge in [-0.3, -0.25) is 9.79 Å². The standard InChI is InChI=1S/C25H25N3O/c1-17(29)20-12-15-28-22(16-20)27-23(24(28)19-6-3-2-4-7-19)18-8-10-21(11-9-18)25(26)13-5-14-25/h2-4,6-12,15-16,23-24H,5,13-14,26H2,1H3. The molecule has 29 heavy (non-hydrogen) atoms. The fraction of sp³-hybridized carbons (Fsp3) is 0.280. The smallest absolute Gasteiger partial charge is 0.159 e. The number of rotatable bonds is 4. The summed E-state index contributed by atoms with van der Waals surface area (Å²) in [6, 6.07) is 19.1. The third-order valence-corrected chi connectivity index (χ3v) is 6.45. The van der Waals surface area contributed by atoms with Gasteiger partial charge in [0, 0.05) is 17.3 Å². The molecule has 146 valence electrons. The van der Waals surface area contributed by atoms with Crippen LogP contribution in [0, 0.1) is 0 Å². The van der Waals surface area contributed by atoms with E-state index in [1.807, 2.05) is 24.4 Å². The zero-order valence-electron chi connectivity index (χ0n) is 16.6. The minimum atomic E-state index is -0.154. The molecule has 2 atom stereocenters. The molecule has 4 nitrogen and oxygen atoms in total. The number of fused-ring (bicyclic) bond motifs is 1. The number of hydrogen-bond acceptors (Lipinski definition) is 4. The first-order chi connectivity index (χ1) is 14.0. The molecule has 2 aromatic carbocycles. The van der Waals surface area contributed by atoms with Crippen molar-refractivity contribution in [3.05, 3.63) is 95.2 Å². The van der Waals surface area contributed by atoms with E-state index < -0.39 is 0 Å². The van der Waals surface area contributed by atoms with Gasteiger partial charge in [-0.15, -0.1) is 0 Å². The van der Waals surface area contributed by atoms with Gasteiger partial charge in [0.25, 0.3) is 0 Å². The van der Waals surface area contributed by atoms with Crippen LogP contribution in [0.15, 0.2) is 83.5 Å². The number of Topliss-reactive ketones (excluding diaryl/α,β-unsaturated/α-hetero) is 1. The first-order valence-corrected chi connectivity index (χ1v) is 10.3. The zero-order chi connectivity index (χ0) is 20.0. The monoisotopic (exact) mass is 383 g/mol. The van der Waals surface area contributed by atoms with Crippen LogP contribution < -0.4 is 5.73 Å². The summed E-state index contributed by atoms with van der Waals surface area (Å²) in [7, 11) is 0. The van der Waals surface area contributed by atoms with E-state index in [0.717, 1.165) is 18.7 Å². The lowest BCUT2D eigenvalue weighted by Gasteiger charge is -2.38. The lowest BCUT2D eigenvalue weighted by atomic mass is 9.72. The number of benzene rings is 2. The number of aliphatic imine (C=N–C) groups is 1. The van der Waals surface area contributed by atoms with Crippen molar-refractivity contribution in [3.63, 3.8) is 0 Å². The van der Waals surface area contributed by atoms with Gasteiger partial charge >= 0.3 is 0 Å². The summed E-state index contributed by atoms with van der Waals surface area (Å²) in [5.74, 6) is 0.899. The lowest BCUT2D eigenvalue weighted by Crippen LogP contribution is -2.43. The number of carbonyl (C=O) groups excluding carboxylic acids is 1. The molecule has 2 N–H and O–H groups in total. The molecule has 5 rings (SSSR count). The Bertz CT molecular complexity index is 1030. The van der Waals surface area contributed by atoms with Crippen LogP contribution in [0.3, 0.4) is 0 Å². The number of nitrogens with two attached hydrogens (primary N) is 1. The van der Waals surface area contributed by atoms with Gasteiger partial charge in [0.1, 0.15) is 11.9 Å². The minimum Gasteiger partial charge on any atom is -0.323 e. The van der Waals surface area contributed by atoms with E-state index in [1.54, 1.807) is 6.92 Å². The van der Waals surface area contributed by atoms with Crippen molar-refractivity contribution in [1.29, 1.82) is 0 Å². The normalized spacial score (nSPS) is 24.4. The molecule has 1 fully saturated rings. The van der Waals surface area contributed by atoms with Crippen molar-refractivity contribution in [3.8, 4) is 0 Å². The molecule has 2 aliphatic heterocycles. The summed E-state index contributed by atoms with van der Waals surface area (Å²) < 4.78 is 0. The molecular weight excluding hydrogens is 358 g/mol. The van der Waals surface area contributed by atoms with Crippen molar-refractivity contribution in [2.24, 2.45) is 10.7 Å². The average molecular weight is 383 g/mol. The Balaban J connectivity index is 1.54. The molecule has 2 unspecified atom stereocenters. The van der Waals surface area contributed by atoms with Gasteiger partial charge in [0.05, 0.1) is 6.04 Å². The second kappa shape index (κ2) is 6.82. The van der Waals surface area contributed by atoms with Crippen LogP contribution in [0.2, 0.25) is 0 Å². The van der Waals surface area contributed by atoms with E-state index >= 15 is 0 Å². The van der Waals surface area contributed by atoms with E-state index in [1.165, 1.54) is 23.1 Å². The molecule has 1 saturated carbocycles. The predicted molar refractivity (Wildman–Crippen MR) is 115 cm³/mol. The predicted octanol–water partition coefficient (Wildman–Crippen LogP) is 4.56. The average Bonchev–Trinajstić information content (AvgIpc) is 3.11. The maximum atomic E-state index is 11.9. The van der Waals surface area contributed by atoms with Crippen molar-refractivity contribution in [2.45, 2.75) is 43.8 Å². The molecule has 0 aromatic heterocycles. The Morgan fingerprint density at radius 3 is 2.41 bits per heavy atom. The third-order valence-electron chi connectivity index (χ3n) is 6.45. The highest BCUT2D eigenvalue weighted by molar-refractivity contribution is 6.07. The first kappa shape index (κ1) is 18.1. The summed E-state index contributed by atoms with van der Waals surface area (Å²) in [5, 5.41) is 0. The van der Waals surface area contributed by atoms with E-state index in [-0.39, 0.29) is 23.4 Å². The fourth-order valence-corrected chi connectivity index (χ4v) is 4.53. The van der Waals surface area contributed by atoms with E-state index in [4.69, 9.17) is 10.7 Å². The fourth-order valence-electron chi connectivity index (χ4n) is 4.53. The minimum absolute atomic E-state index is 0.0382. The highest BCUT2D eigenvalue weighted by Crippen LogP contribution is 2.45. The maximum absolute atomic E-state index is 11.9. The number of nitrogens with zero attached hydrogens (tertiary/aromatic N) is 2. The molecule has 0 radical (unpaired) electrons. The Morgan fingerprint density at radius 1 is 1.07 bits per heavy atom. The summed E-state index contributed by atoms with van der Waals surface area (Å²) in [6.45, 7) is 1.59. The van der Waals surface area contributed by atoms with Gasteiger partial charge in [-0.1, -0.05) is 54.6 Å². The van der Waals surface area contributed by atoms with Crippen LogP contribution in [0.4, 0.5) is 0 Å². The van der Waals surface area contributed by atoms with Crippen LogP contribution in [-0.2, 0) is 10.3 Å². The molecule has 0 saturated heterocycles. The number of hydrogen-bond donors (Lipinski definition) is 1. The Hall–Kier alpha value is -2.98. The Labute approximate surface area is 171 Å². The van der Waals surface area contributed by atoms with Gasteiger partial charge in [-0.25, -0.2) is 0 Å². The van der Waals surface area contributed by atoms with E-state index in [9.17, 15) is 4.79 Å². The summed E-state index contributed by atoms with van der Waals surface area (Å²) in [6.07, 6.45) is 9.10. The highest BCUT2D eigenvalue weighted by atomic mass is 16.1. The zero-order valence-corrected chi connectivity index (χ0v) is 16.6. The van der Waals surface area contributed by atoms with Gasteiger partial charge < -0.3 is 10.6 Å². The third kappa shape index (κ3) is 3.04. The highest BCUT2D eigenvalue weighted by Gasteiger charge is 2.38. The molecule has 2 heterocycles. The maximum Gasteiger partial charge on any atom is 0.159 e. The first-order valence-electron chi connectivity index (χ1n) is 10.3. The molecular formula is C25H25N3O. The Kier molecular flexibility index (Phi) is 4.25. The summed E-state index contributed by atoms with van der Waals surface area (Å²) >= 11 is 0. The topological polar surface area (TPSA) is 58.7 Å². The van der Waals surface area contributed by atoms with Crippen LogP contribution in [0.1, 0.15) is 55.0 Å². The summed E-state index contributed by atoms with van der Waals surface area (Å²) in [4.78, 5) is 19.1. The molecule has 0 spiro atoms. The lowest BCUT2D eigenvalue weighted by molar-refractivity contribution is -0.113. The van der Waals surface area contributed by atoms with Crippen molar-refractivity contribution >= 4 is 11.6 Å². The second-order valence-corrected chi connectivity index (χ2v) is 8.30. The SMILES string of the molecule is CC(=O)C1=CC2=NC(c3ccc(C4(N)CCC4)cc3)C(c3ccccc3)N2C=C1.